The van der Waals surface area contributed by atoms with Crippen LogP contribution in [0.25, 0.3) is 0 Å². The van der Waals surface area contributed by atoms with Crippen LogP contribution in [0.1, 0.15) is 196 Å². The Hall–Kier alpha value is -1.86. The number of hydrogen-bond acceptors (Lipinski definition) is 5. The van der Waals surface area contributed by atoms with E-state index in [1.165, 1.54) is 153 Å². The molecule has 0 heterocycles. The zero-order valence-electron chi connectivity index (χ0n) is 35.9. The summed E-state index contributed by atoms with van der Waals surface area (Å²) in [5.74, 6) is -1.14. The minimum atomic E-state index is -0.475. The minimum Gasteiger partial charge on any atom is -0.870 e. The highest BCUT2D eigenvalue weighted by atomic mass is 35.5. The lowest BCUT2D eigenvalue weighted by molar-refractivity contribution is -0.268. The average molecular weight is 826 g/mol. The first-order valence-corrected chi connectivity index (χ1v) is 23.1. The van der Waals surface area contributed by atoms with Crippen LogP contribution in [-0.2, 0) is 9.59 Å². The highest BCUT2D eigenvalue weighted by Crippen LogP contribution is 2.35. The summed E-state index contributed by atoms with van der Waals surface area (Å²) in [7, 11) is 0. The van der Waals surface area contributed by atoms with Gasteiger partial charge in [-0.2, -0.15) is 0 Å². The second-order valence-corrected chi connectivity index (χ2v) is 15.9. The molecule has 1 aliphatic rings. The maximum atomic E-state index is 12.8. The van der Waals surface area contributed by atoms with Gasteiger partial charge in [0, 0.05) is 22.0 Å². The number of benzene rings is 1. The summed E-state index contributed by atoms with van der Waals surface area (Å²) in [6.07, 6.45) is 29.1. The molecule has 0 aromatic heterocycles. The molecule has 0 radical (unpaired) electrons. The summed E-state index contributed by atoms with van der Waals surface area (Å²) in [5.41, 5.74) is 1.40. The fourth-order valence-corrected chi connectivity index (χ4v) is 6.74. The molecule has 0 fully saturated rings. The zero-order valence-corrected chi connectivity index (χ0v) is 38.1. The number of carbonyl (C=O) groups is 2. The Kier molecular flexibility index (Phi) is 34.1. The summed E-state index contributed by atoms with van der Waals surface area (Å²) in [6.45, 7) is 19.2. The molecular weight excluding hydrogens is 749 g/mol. The van der Waals surface area contributed by atoms with Crippen molar-refractivity contribution in [3.8, 4) is 5.75 Å². The van der Waals surface area contributed by atoms with E-state index in [2.05, 4.69) is 56.8 Å². The van der Waals surface area contributed by atoms with E-state index < -0.39 is 11.5 Å². The molecule has 0 aliphatic heterocycles. The normalized spacial score (nSPS) is 13.4. The van der Waals surface area contributed by atoms with E-state index in [1.807, 2.05) is 6.92 Å². The first-order chi connectivity index (χ1) is 26.5. The van der Waals surface area contributed by atoms with E-state index in [4.69, 9.17) is 34.8 Å². The zero-order chi connectivity index (χ0) is 41.3. The molecule has 2 rings (SSSR count). The van der Waals surface area contributed by atoms with Crippen molar-refractivity contribution >= 4 is 57.9 Å². The number of nitrogens with zero attached hydrogens (tertiary/aromatic N) is 2. The molecule has 1 N–H and O–H groups in total. The molecule has 316 valence electrons. The molecule has 1 aromatic rings. The number of carbonyl (C=O) groups excluding carboxylic acids is 2. The smallest absolute Gasteiger partial charge is 0.224 e. The maximum absolute atomic E-state index is 12.8. The van der Waals surface area contributed by atoms with Crippen molar-refractivity contribution in [2.75, 3.05) is 19.6 Å². The predicted molar refractivity (Wildman–Crippen MR) is 239 cm³/mol. The van der Waals surface area contributed by atoms with Crippen LogP contribution in [-0.4, -0.2) is 41.9 Å². The predicted octanol–water partition coefficient (Wildman–Crippen LogP) is 14.6. The fourth-order valence-electron chi connectivity index (χ4n) is 5.93. The molecule has 1 amide bonds. The number of aliphatic imine (C=N–C) groups is 1. The second-order valence-electron chi connectivity index (χ2n) is 14.7. The van der Waals surface area contributed by atoms with Crippen LogP contribution >= 0.6 is 34.8 Å². The standard InChI is InChI=1S/C30H41Cl3N2O3.C12H27N.C4H10/c1-3-5-6-7-8-9-10-11-12-13-14-15-16-17-27(36)35-26-20-25(22(4-2)28(33)30(26)38)34-21-18-23(31)29(37)24(32)19-21;1-4-7-10-13(11-8-5-2)12-9-6-3;1-3-4-2/h18-20,37H,3-17H2,1-2H3,(H,35,36);4-12H2,1-3H3;3-4H2,1-2H3/p-1. The number of hydrogen-bond donors (Lipinski definition) is 1. The van der Waals surface area contributed by atoms with Crippen molar-refractivity contribution in [1.82, 2.24) is 10.2 Å². The van der Waals surface area contributed by atoms with Crippen LogP contribution in [0.5, 0.6) is 5.75 Å². The maximum Gasteiger partial charge on any atom is 0.224 e. The first kappa shape index (κ1) is 53.1. The molecular formula is C46H77Cl3N3O3-. The van der Waals surface area contributed by atoms with Crippen LogP contribution in [0, 0.1) is 0 Å². The molecule has 0 saturated carbocycles. The van der Waals surface area contributed by atoms with Gasteiger partial charge in [0.25, 0.3) is 0 Å². The van der Waals surface area contributed by atoms with Crippen molar-refractivity contribution in [2.45, 2.75) is 196 Å². The Morgan fingerprint density at radius 3 is 1.45 bits per heavy atom. The van der Waals surface area contributed by atoms with Gasteiger partial charge in [-0.3, -0.25) is 9.59 Å². The number of halogens is 3. The van der Waals surface area contributed by atoms with Gasteiger partial charge in [-0.05, 0) is 69.9 Å². The van der Waals surface area contributed by atoms with Gasteiger partial charge >= 0.3 is 0 Å². The van der Waals surface area contributed by atoms with Crippen LogP contribution < -0.4 is 10.4 Å². The largest absolute Gasteiger partial charge is 0.870 e. The van der Waals surface area contributed by atoms with Crippen molar-refractivity contribution in [1.29, 1.82) is 0 Å². The Morgan fingerprint density at radius 1 is 0.636 bits per heavy atom. The minimum absolute atomic E-state index is 0.0163. The third-order valence-electron chi connectivity index (χ3n) is 9.65. The van der Waals surface area contributed by atoms with Gasteiger partial charge in [-0.25, -0.2) is 4.99 Å². The van der Waals surface area contributed by atoms with Crippen LogP contribution in [0.4, 0.5) is 5.69 Å². The van der Waals surface area contributed by atoms with Gasteiger partial charge in [-0.15, -0.1) is 0 Å². The second kappa shape index (κ2) is 35.3. The summed E-state index contributed by atoms with van der Waals surface area (Å²) in [6, 6.07) is 2.81. The molecule has 9 heteroatoms. The molecule has 6 nitrogen and oxygen atoms in total. The van der Waals surface area contributed by atoms with Gasteiger partial charge in [-0.1, -0.05) is 198 Å². The SMILES string of the molecule is CCCC.CCCCCCCCCCCCCCCC(=O)NC1=CC(=Nc2cc(Cl)c([O-])c(Cl)c2)C(CC)=C(Cl)C1=O.CCCCN(CCCC)CCCC. The highest BCUT2D eigenvalue weighted by Gasteiger charge is 2.26. The van der Waals surface area contributed by atoms with Crippen LogP contribution in [0.2, 0.25) is 10.0 Å². The number of rotatable bonds is 27. The number of amides is 1. The molecule has 1 aromatic carbocycles. The Labute approximate surface area is 352 Å². The summed E-state index contributed by atoms with van der Waals surface area (Å²) >= 11 is 18.3. The molecule has 1 aliphatic carbocycles. The number of unbranched alkanes of at least 4 members (excludes halogenated alkanes) is 16. The lowest BCUT2D eigenvalue weighted by Crippen LogP contribution is -2.31. The van der Waals surface area contributed by atoms with E-state index >= 15 is 0 Å². The summed E-state index contributed by atoms with van der Waals surface area (Å²) in [5, 5.41) is 14.4. The van der Waals surface area contributed by atoms with E-state index in [0.29, 0.717) is 29.8 Å². The van der Waals surface area contributed by atoms with Gasteiger partial charge in [0.15, 0.2) is 0 Å². The molecule has 0 unspecified atom stereocenters. The number of ketones is 1. The number of Topliss-reactive ketones (excluding diaryl/α,β-unsaturated/α-hetero) is 1. The third-order valence-corrected chi connectivity index (χ3v) is 10.6. The molecule has 0 spiro atoms. The van der Waals surface area contributed by atoms with Gasteiger partial charge < -0.3 is 15.3 Å². The van der Waals surface area contributed by atoms with Crippen LogP contribution in [0.3, 0.4) is 0 Å². The van der Waals surface area contributed by atoms with Crippen LogP contribution in [0.15, 0.2) is 39.5 Å². The monoisotopic (exact) mass is 825 g/mol. The highest BCUT2D eigenvalue weighted by molar-refractivity contribution is 6.49. The fraction of sp³-hybridized carbons (Fsp3) is 0.717. The van der Waals surface area contributed by atoms with Crippen molar-refractivity contribution in [3.63, 3.8) is 0 Å². The molecule has 0 bridgehead atoms. The van der Waals surface area contributed by atoms with E-state index in [9.17, 15) is 14.7 Å². The quantitative estimate of drug-likeness (QED) is 0.0707. The van der Waals surface area contributed by atoms with Gasteiger partial charge in [0.2, 0.25) is 11.7 Å². The number of nitrogens with one attached hydrogen (secondary N) is 1. The average Bonchev–Trinajstić information content (AvgIpc) is 3.17. The lowest BCUT2D eigenvalue weighted by Gasteiger charge is -2.21. The number of allylic oxidation sites excluding steroid dienone is 3. The van der Waals surface area contributed by atoms with E-state index in [-0.39, 0.29) is 26.7 Å². The summed E-state index contributed by atoms with van der Waals surface area (Å²) < 4.78 is 0. The Bertz CT molecular complexity index is 1230. The molecule has 0 saturated heterocycles. The van der Waals surface area contributed by atoms with Crippen molar-refractivity contribution in [3.05, 3.63) is 44.6 Å². The van der Waals surface area contributed by atoms with Gasteiger partial charge in [0.05, 0.1) is 22.1 Å². The Morgan fingerprint density at radius 2 is 1.05 bits per heavy atom. The molecule has 0 atom stereocenters. The lowest BCUT2D eigenvalue weighted by atomic mass is 9.97. The van der Waals surface area contributed by atoms with E-state index in [1.54, 1.807) is 0 Å². The molecule has 55 heavy (non-hydrogen) atoms. The Balaban J connectivity index is 0.00000142. The van der Waals surface area contributed by atoms with Crippen molar-refractivity contribution in [2.24, 2.45) is 4.99 Å². The summed E-state index contributed by atoms with van der Waals surface area (Å²) in [4.78, 5) is 32.4. The van der Waals surface area contributed by atoms with E-state index in [0.717, 1.165) is 19.3 Å². The van der Waals surface area contributed by atoms with Crippen molar-refractivity contribution < 1.29 is 14.7 Å². The third kappa shape index (κ3) is 25.2. The van der Waals surface area contributed by atoms with Gasteiger partial charge in [0.1, 0.15) is 0 Å². The first-order valence-electron chi connectivity index (χ1n) is 22.0. The topological polar surface area (TPSA) is 84.8 Å².